The second-order valence-electron chi connectivity index (χ2n) is 11.2. The lowest BCUT2D eigenvalue weighted by Crippen LogP contribution is -2.47. The van der Waals surface area contributed by atoms with Crippen LogP contribution in [0.5, 0.6) is 5.75 Å². The quantitative estimate of drug-likeness (QED) is 0.280. The molecule has 0 aliphatic carbocycles. The number of fused-ring (bicyclic) bond motifs is 1. The van der Waals surface area contributed by atoms with Crippen molar-refractivity contribution in [2.24, 2.45) is 5.92 Å². The summed E-state index contributed by atoms with van der Waals surface area (Å²) in [4.78, 5) is 29.6. The van der Waals surface area contributed by atoms with E-state index in [1.807, 2.05) is 18.9 Å². The van der Waals surface area contributed by atoms with Gasteiger partial charge in [-0.25, -0.2) is 9.18 Å². The van der Waals surface area contributed by atoms with Crippen molar-refractivity contribution in [3.63, 3.8) is 0 Å². The van der Waals surface area contributed by atoms with Crippen molar-refractivity contribution in [2.75, 3.05) is 37.4 Å². The number of rotatable bonds is 8. The third-order valence-electron chi connectivity index (χ3n) is 7.50. The Morgan fingerprint density at radius 1 is 1.07 bits per heavy atom. The summed E-state index contributed by atoms with van der Waals surface area (Å²) in [6, 6.07) is 14.3. The van der Waals surface area contributed by atoms with Gasteiger partial charge in [-0.05, 0) is 74.1 Å². The molecule has 1 aliphatic rings. The minimum absolute atomic E-state index is 0.0321. The molecule has 0 aromatic heterocycles. The van der Waals surface area contributed by atoms with Crippen LogP contribution in [0.3, 0.4) is 0 Å². The molecule has 236 valence electrons. The van der Waals surface area contributed by atoms with Gasteiger partial charge < -0.3 is 25.4 Å². The van der Waals surface area contributed by atoms with Gasteiger partial charge in [-0.3, -0.25) is 9.69 Å². The molecule has 3 N–H and O–H groups in total. The van der Waals surface area contributed by atoms with Gasteiger partial charge in [0, 0.05) is 42.5 Å². The zero-order valence-electron chi connectivity index (χ0n) is 24.7. The SMILES string of the molecule is C[C@H](CO)N1C[C@H](C)[C@H](CN(C)Cc2ccc(C(F)(F)F)cc2)Oc2ccc(NC(=O)Nc3ccc(F)cc3)cc2CC1=O. The average molecular weight is 617 g/mol. The highest BCUT2D eigenvalue weighted by molar-refractivity contribution is 5.99. The first kappa shape index (κ1) is 32.7. The van der Waals surface area contributed by atoms with Gasteiger partial charge in [-0.1, -0.05) is 19.1 Å². The number of aliphatic hydroxyl groups is 1. The number of hydrogen-bond donors (Lipinski definition) is 3. The fourth-order valence-electron chi connectivity index (χ4n) is 5.03. The molecule has 3 amide bonds. The van der Waals surface area contributed by atoms with Crippen molar-refractivity contribution in [1.82, 2.24) is 9.80 Å². The van der Waals surface area contributed by atoms with Gasteiger partial charge in [0.1, 0.15) is 17.7 Å². The summed E-state index contributed by atoms with van der Waals surface area (Å²) in [5, 5.41) is 15.2. The Balaban J connectivity index is 1.54. The Bertz CT molecular complexity index is 1430. The normalized spacial score (nSPS) is 18.0. The summed E-state index contributed by atoms with van der Waals surface area (Å²) >= 11 is 0. The number of carbonyl (C=O) groups excluding carboxylic acids is 2. The predicted octanol–water partition coefficient (Wildman–Crippen LogP) is 5.77. The molecule has 0 unspecified atom stereocenters. The third-order valence-corrected chi connectivity index (χ3v) is 7.50. The van der Waals surface area contributed by atoms with E-state index in [4.69, 9.17) is 4.74 Å². The molecule has 3 aromatic carbocycles. The maximum atomic E-state index is 13.4. The lowest BCUT2D eigenvalue weighted by atomic mass is 10.0. The fourth-order valence-corrected chi connectivity index (χ4v) is 5.03. The van der Waals surface area contributed by atoms with Crippen molar-refractivity contribution >= 4 is 23.3 Å². The zero-order chi connectivity index (χ0) is 32.0. The van der Waals surface area contributed by atoms with Crippen LogP contribution in [0.25, 0.3) is 0 Å². The number of likely N-dealkylation sites (N-methyl/N-ethyl adjacent to an activating group) is 1. The van der Waals surface area contributed by atoms with Crippen molar-refractivity contribution in [3.8, 4) is 5.75 Å². The van der Waals surface area contributed by atoms with Crippen LogP contribution >= 0.6 is 0 Å². The van der Waals surface area contributed by atoms with Crippen LogP contribution < -0.4 is 15.4 Å². The number of carbonyl (C=O) groups is 2. The highest BCUT2D eigenvalue weighted by Crippen LogP contribution is 2.31. The highest BCUT2D eigenvalue weighted by Gasteiger charge is 2.32. The minimum atomic E-state index is -4.41. The molecule has 0 fully saturated rings. The first-order valence-corrected chi connectivity index (χ1v) is 14.2. The Kier molecular flexibility index (Phi) is 10.5. The molecule has 0 spiro atoms. The highest BCUT2D eigenvalue weighted by atomic mass is 19.4. The fraction of sp³-hybridized carbons (Fsp3) is 0.375. The molecule has 3 aromatic rings. The van der Waals surface area contributed by atoms with Crippen LogP contribution in [0.4, 0.5) is 33.7 Å². The summed E-state index contributed by atoms with van der Waals surface area (Å²) in [5.41, 5.74) is 1.34. The molecule has 0 saturated carbocycles. The Morgan fingerprint density at radius 3 is 2.34 bits per heavy atom. The Hall–Kier alpha value is -4.16. The molecule has 4 rings (SSSR count). The van der Waals surface area contributed by atoms with Crippen molar-refractivity contribution in [2.45, 2.75) is 45.1 Å². The van der Waals surface area contributed by atoms with Gasteiger partial charge in [0.2, 0.25) is 5.91 Å². The number of aliphatic hydroxyl groups excluding tert-OH is 1. The first-order valence-electron chi connectivity index (χ1n) is 14.2. The van der Waals surface area contributed by atoms with Gasteiger partial charge >= 0.3 is 12.2 Å². The number of nitrogens with zero attached hydrogens (tertiary/aromatic N) is 2. The van der Waals surface area contributed by atoms with Crippen LogP contribution in [-0.2, 0) is 23.9 Å². The van der Waals surface area contributed by atoms with Crippen LogP contribution in [0.2, 0.25) is 0 Å². The summed E-state index contributed by atoms with van der Waals surface area (Å²) in [6.45, 7) is 4.57. The lowest BCUT2D eigenvalue weighted by Gasteiger charge is -2.34. The van der Waals surface area contributed by atoms with E-state index in [2.05, 4.69) is 10.6 Å². The van der Waals surface area contributed by atoms with E-state index in [0.29, 0.717) is 47.9 Å². The summed E-state index contributed by atoms with van der Waals surface area (Å²) in [5.74, 6) is -0.356. The van der Waals surface area contributed by atoms with Crippen LogP contribution in [0.15, 0.2) is 66.7 Å². The topological polar surface area (TPSA) is 94.1 Å². The Labute approximate surface area is 253 Å². The second kappa shape index (κ2) is 14.1. The summed E-state index contributed by atoms with van der Waals surface area (Å²) < 4.78 is 58.6. The summed E-state index contributed by atoms with van der Waals surface area (Å²) in [7, 11) is 1.84. The van der Waals surface area contributed by atoms with E-state index in [-0.39, 0.29) is 24.9 Å². The van der Waals surface area contributed by atoms with Crippen molar-refractivity contribution in [1.29, 1.82) is 0 Å². The largest absolute Gasteiger partial charge is 0.488 e. The van der Waals surface area contributed by atoms with Gasteiger partial charge in [0.25, 0.3) is 0 Å². The average Bonchev–Trinajstić information content (AvgIpc) is 3.01. The van der Waals surface area contributed by atoms with E-state index >= 15 is 0 Å². The molecule has 0 saturated heterocycles. The van der Waals surface area contributed by atoms with E-state index in [0.717, 1.165) is 12.1 Å². The van der Waals surface area contributed by atoms with E-state index in [9.17, 15) is 32.3 Å². The Morgan fingerprint density at radius 2 is 1.70 bits per heavy atom. The molecular formula is C32H36F4N4O4. The van der Waals surface area contributed by atoms with Gasteiger partial charge in [0.15, 0.2) is 0 Å². The number of anilines is 2. The first-order chi connectivity index (χ1) is 20.8. The van der Waals surface area contributed by atoms with Crippen molar-refractivity contribution in [3.05, 3.63) is 89.2 Å². The van der Waals surface area contributed by atoms with Crippen molar-refractivity contribution < 1.29 is 37.0 Å². The molecule has 8 nitrogen and oxygen atoms in total. The number of hydrogen-bond acceptors (Lipinski definition) is 5. The third kappa shape index (κ3) is 8.70. The number of urea groups is 1. The monoisotopic (exact) mass is 616 g/mol. The minimum Gasteiger partial charge on any atom is -0.488 e. The molecule has 3 atom stereocenters. The number of alkyl halides is 3. The number of benzene rings is 3. The number of halogens is 4. The predicted molar refractivity (Wildman–Crippen MR) is 159 cm³/mol. The molecule has 44 heavy (non-hydrogen) atoms. The molecule has 12 heteroatoms. The molecular weight excluding hydrogens is 580 g/mol. The van der Waals surface area contributed by atoms with E-state index < -0.39 is 35.7 Å². The zero-order valence-corrected chi connectivity index (χ0v) is 24.7. The maximum Gasteiger partial charge on any atom is 0.416 e. The molecule has 0 radical (unpaired) electrons. The number of nitrogens with one attached hydrogen (secondary N) is 2. The molecule has 1 aliphatic heterocycles. The second-order valence-corrected chi connectivity index (χ2v) is 11.2. The van der Waals surface area contributed by atoms with Gasteiger partial charge in [-0.2, -0.15) is 13.2 Å². The van der Waals surface area contributed by atoms with E-state index in [1.165, 1.54) is 36.4 Å². The smallest absolute Gasteiger partial charge is 0.416 e. The molecule has 0 bridgehead atoms. The van der Waals surface area contributed by atoms with Crippen LogP contribution in [-0.4, -0.2) is 65.7 Å². The standard InChI is InChI=1S/C32H36F4N4O4/c1-20-16-40(21(2)19-41)30(42)15-23-14-27(38-31(43)37-26-10-8-25(33)9-11-26)12-13-28(23)44-29(20)18-39(3)17-22-4-6-24(7-5-22)32(34,35)36/h4-14,20-21,29,41H,15-19H2,1-3H3,(H2,37,38,43)/t20-,21+,29-/m0/s1. The maximum absolute atomic E-state index is 13.4. The molecule has 1 heterocycles. The van der Waals surface area contributed by atoms with Gasteiger partial charge in [0.05, 0.1) is 24.6 Å². The van der Waals surface area contributed by atoms with Gasteiger partial charge in [-0.15, -0.1) is 0 Å². The number of amides is 3. The summed E-state index contributed by atoms with van der Waals surface area (Å²) in [6.07, 6.45) is -4.86. The van der Waals surface area contributed by atoms with E-state index in [1.54, 1.807) is 30.0 Å². The van der Waals surface area contributed by atoms with Crippen LogP contribution in [0.1, 0.15) is 30.5 Å². The van der Waals surface area contributed by atoms with Crippen LogP contribution in [0, 0.1) is 11.7 Å². The number of ether oxygens (including phenoxy) is 1. The lowest BCUT2D eigenvalue weighted by molar-refractivity contribution is -0.137.